The molecule has 0 aliphatic heterocycles. The molecular weight excluding hydrogens is 231 g/mol. The molecule has 0 aliphatic rings. The number of halogens is 1. The van der Waals surface area contributed by atoms with Crippen molar-refractivity contribution >= 4 is 11.6 Å². The second kappa shape index (κ2) is 5.38. The minimum atomic E-state index is -0.618. The molecule has 0 spiro atoms. The van der Waals surface area contributed by atoms with Gasteiger partial charge in [-0.2, -0.15) is 0 Å². The van der Waals surface area contributed by atoms with Gasteiger partial charge in [0.25, 0.3) is 0 Å². The molecular formula is C14H21FN2O. The summed E-state index contributed by atoms with van der Waals surface area (Å²) >= 11 is 0. The highest BCUT2D eigenvalue weighted by Crippen LogP contribution is 2.23. The van der Waals surface area contributed by atoms with Crippen molar-refractivity contribution in [2.24, 2.45) is 11.1 Å². The lowest BCUT2D eigenvalue weighted by atomic mass is 9.92. The monoisotopic (exact) mass is 252 g/mol. The van der Waals surface area contributed by atoms with Crippen LogP contribution >= 0.6 is 0 Å². The highest BCUT2D eigenvalue weighted by atomic mass is 19.1. The molecule has 100 valence electrons. The van der Waals surface area contributed by atoms with Crippen LogP contribution in [0.15, 0.2) is 12.1 Å². The van der Waals surface area contributed by atoms with Gasteiger partial charge in [-0.25, -0.2) is 4.39 Å². The van der Waals surface area contributed by atoms with Crippen LogP contribution < -0.4 is 11.1 Å². The maximum atomic E-state index is 13.6. The van der Waals surface area contributed by atoms with E-state index in [1.54, 1.807) is 13.0 Å². The van der Waals surface area contributed by atoms with E-state index in [9.17, 15) is 9.18 Å². The summed E-state index contributed by atoms with van der Waals surface area (Å²) in [6.07, 6.45) is 0.953. The highest BCUT2D eigenvalue weighted by molar-refractivity contribution is 5.94. The van der Waals surface area contributed by atoms with Crippen molar-refractivity contribution in [1.82, 2.24) is 0 Å². The van der Waals surface area contributed by atoms with E-state index in [2.05, 4.69) is 26.1 Å². The average Bonchev–Trinajstić information content (AvgIpc) is 2.21. The lowest BCUT2D eigenvalue weighted by molar-refractivity contribution is 0.1000. The Balaban J connectivity index is 2.85. The third-order valence-corrected chi connectivity index (χ3v) is 2.82. The van der Waals surface area contributed by atoms with Crippen LogP contribution in [0.2, 0.25) is 0 Å². The average molecular weight is 252 g/mol. The van der Waals surface area contributed by atoms with E-state index in [4.69, 9.17) is 5.73 Å². The molecule has 0 bridgehead atoms. The molecule has 0 saturated carbocycles. The fourth-order valence-corrected chi connectivity index (χ4v) is 1.58. The topological polar surface area (TPSA) is 55.1 Å². The van der Waals surface area contributed by atoms with E-state index < -0.39 is 11.7 Å². The van der Waals surface area contributed by atoms with Gasteiger partial charge in [0.2, 0.25) is 5.91 Å². The molecule has 0 fully saturated rings. The Kier molecular flexibility index (Phi) is 4.33. The summed E-state index contributed by atoms with van der Waals surface area (Å²) in [5.74, 6) is -1.03. The molecule has 0 aromatic heterocycles. The van der Waals surface area contributed by atoms with E-state index in [-0.39, 0.29) is 11.0 Å². The summed E-state index contributed by atoms with van der Waals surface area (Å²) in [5.41, 5.74) is 6.71. The normalized spacial score (nSPS) is 11.4. The first-order chi connectivity index (χ1) is 8.20. The number of hydrogen-bond acceptors (Lipinski definition) is 2. The second-order valence-corrected chi connectivity index (χ2v) is 5.73. The number of carbonyl (C=O) groups is 1. The molecule has 0 aliphatic carbocycles. The van der Waals surface area contributed by atoms with Crippen molar-refractivity contribution in [3.63, 3.8) is 0 Å². The van der Waals surface area contributed by atoms with Gasteiger partial charge < -0.3 is 11.1 Å². The Morgan fingerprint density at radius 3 is 2.50 bits per heavy atom. The number of nitrogens with one attached hydrogen (secondary N) is 1. The summed E-state index contributed by atoms with van der Waals surface area (Å²) in [7, 11) is 0. The summed E-state index contributed by atoms with van der Waals surface area (Å²) in [4.78, 5) is 11.1. The lowest BCUT2D eigenvalue weighted by Crippen LogP contribution is -2.15. The first-order valence-electron chi connectivity index (χ1n) is 6.04. The van der Waals surface area contributed by atoms with Crippen molar-refractivity contribution < 1.29 is 9.18 Å². The van der Waals surface area contributed by atoms with Gasteiger partial charge >= 0.3 is 0 Å². The van der Waals surface area contributed by atoms with Crippen LogP contribution in [0.5, 0.6) is 0 Å². The van der Waals surface area contributed by atoms with Gasteiger partial charge in [0.05, 0.1) is 0 Å². The van der Waals surface area contributed by atoms with Crippen molar-refractivity contribution in [1.29, 1.82) is 0 Å². The maximum absolute atomic E-state index is 13.6. The fourth-order valence-electron chi connectivity index (χ4n) is 1.58. The molecule has 3 nitrogen and oxygen atoms in total. The minimum Gasteiger partial charge on any atom is -0.385 e. The van der Waals surface area contributed by atoms with Crippen LogP contribution in [-0.4, -0.2) is 12.5 Å². The van der Waals surface area contributed by atoms with Crippen LogP contribution in [0, 0.1) is 18.2 Å². The van der Waals surface area contributed by atoms with E-state index in [0.29, 0.717) is 11.3 Å². The van der Waals surface area contributed by atoms with Crippen LogP contribution in [0.4, 0.5) is 10.1 Å². The molecule has 18 heavy (non-hydrogen) atoms. The molecule has 0 radical (unpaired) electrons. The number of primary amides is 1. The number of carbonyl (C=O) groups excluding carboxylic acids is 1. The van der Waals surface area contributed by atoms with Crippen LogP contribution in [-0.2, 0) is 0 Å². The van der Waals surface area contributed by atoms with Crippen LogP contribution in [0.3, 0.4) is 0 Å². The summed E-state index contributed by atoms with van der Waals surface area (Å²) in [6.45, 7) is 8.83. The number of nitrogens with two attached hydrogens (primary N) is 1. The molecule has 1 rings (SSSR count). The van der Waals surface area contributed by atoms with Gasteiger partial charge in [0, 0.05) is 23.4 Å². The van der Waals surface area contributed by atoms with Crippen LogP contribution in [0.1, 0.15) is 43.1 Å². The number of benzene rings is 1. The molecule has 0 heterocycles. The maximum Gasteiger partial charge on any atom is 0.248 e. The Hall–Kier alpha value is -1.58. The van der Waals surface area contributed by atoms with E-state index in [1.165, 1.54) is 6.07 Å². The minimum absolute atomic E-state index is 0.191. The molecule has 1 amide bonds. The molecule has 0 unspecified atom stereocenters. The first kappa shape index (κ1) is 14.5. The lowest BCUT2D eigenvalue weighted by Gasteiger charge is -2.19. The zero-order chi connectivity index (χ0) is 13.9. The second-order valence-electron chi connectivity index (χ2n) is 5.73. The molecule has 4 heteroatoms. The van der Waals surface area contributed by atoms with E-state index in [0.717, 1.165) is 13.0 Å². The Morgan fingerprint density at radius 1 is 1.39 bits per heavy atom. The summed E-state index contributed by atoms with van der Waals surface area (Å²) in [5, 5.41) is 3.16. The van der Waals surface area contributed by atoms with Gasteiger partial charge in [-0.3, -0.25) is 4.79 Å². The third kappa shape index (κ3) is 4.02. The third-order valence-electron chi connectivity index (χ3n) is 2.82. The van der Waals surface area contributed by atoms with Crippen molar-refractivity contribution in [2.75, 3.05) is 11.9 Å². The first-order valence-corrected chi connectivity index (χ1v) is 6.04. The van der Waals surface area contributed by atoms with Gasteiger partial charge in [0.1, 0.15) is 5.82 Å². The smallest absolute Gasteiger partial charge is 0.248 e. The van der Waals surface area contributed by atoms with E-state index >= 15 is 0 Å². The largest absolute Gasteiger partial charge is 0.385 e. The number of anilines is 1. The van der Waals surface area contributed by atoms with Crippen molar-refractivity contribution in [3.05, 3.63) is 29.1 Å². The Morgan fingerprint density at radius 2 is 2.00 bits per heavy atom. The molecule has 0 saturated heterocycles. The molecule has 0 atom stereocenters. The fraction of sp³-hybridized carbons (Fsp3) is 0.500. The van der Waals surface area contributed by atoms with E-state index in [1.807, 2.05) is 0 Å². The SMILES string of the molecule is Cc1c(F)cc(C(N)=O)cc1NCCC(C)(C)C. The zero-order valence-corrected chi connectivity index (χ0v) is 11.4. The highest BCUT2D eigenvalue weighted by Gasteiger charge is 2.12. The van der Waals surface area contributed by atoms with Crippen LogP contribution in [0.25, 0.3) is 0 Å². The number of rotatable bonds is 4. The van der Waals surface area contributed by atoms with Crippen molar-refractivity contribution in [3.8, 4) is 0 Å². The quantitative estimate of drug-likeness (QED) is 0.865. The number of amides is 1. The predicted octanol–water partition coefficient (Wildman–Crippen LogP) is 3.08. The van der Waals surface area contributed by atoms with Crippen molar-refractivity contribution in [2.45, 2.75) is 34.1 Å². The Bertz CT molecular complexity index is 450. The molecule has 3 N–H and O–H groups in total. The molecule has 1 aromatic rings. The van der Waals surface area contributed by atoms with Gasteiger partial charge in [-0.1, -0.05) is 20.8 Å². The number of hydrogen-bond donors (Lipinski definition) is 2. The Labute approximate surface area is 108 Å². The van der Waals surface area contributed by atoms with Gasteiger partial charge in [-0.05, 0) is 30.9 Å². The predicted molar refractivity (Wildman–Crippen MR) is 72.2 cm³/mol. The zero-order valence-electron chi connectivity index (χ0n) is 11.4. The molecule has 1 aromatic carbocycles. The summed E-state index contributed by atoms with van der Waals surface area (Å²) < 4.78 is 13.6. The summed E-state index contributed by atoms with van der Waals surface area (Å²) in [6, 6.07) is 2.77. The van der Waals surface area contributed by atoms with Gasteiger partial charge in [0.15, 0.2) is 0 Å². The standard InChI is InChI=1S/C14H21FN2O/c1-9-11(15)7-10(13(16)18)8-12(9)17-6-5-14(2,3)4/h7-8,17H,5-6H2,1-4H3,(H2,16,18). The van der Waals surface area contributed by atoms with Gasteiger partial charge in [-0.15, -0.1) is 0 Å².